The summed E-state index contributed by atoms with van der Waals surface area (Å²) in [5.74, 6) is 1.18. The quantitative estimate of drug-likeness (QED) is 0.875. The molecule has 3 rings (SSSR count). The molecule has 0 aliphatic carbocycles. The molecule has 0 saturated heterocycles. The van der Waals surface area contributed by atoms with Crippen LogP contribution in [0, 0.1) is 0 Å². The summed E-state index contributed by atoms with van der Waals surface area (Å²) in [5, 5.41) is 3.29. The molecule has 1 aliphatic rings. The minimum Gasteiger partial charge on any atom is -0.497 e. The van der Waals surface area contributed by atoms with Gasteiger partial charge >= 0.3 is 0 Å². The highest BCUT2D eigenvalue weighted by Gasteiger charge is 2.21. The fraction of sp³-hybridized carbons (Fsp3) is 0.222. The van der Waals surface area contributed by atoms with Crippen LogP contribution in [-0.4, -0.2) is 38.2 Å². The summed E-state index contributed by atoms with van der Waals surface area (Å²) in [6, 6.07) is 9.27. The molecular weight excluding hydrogens is 306 g/mol. The zero-order valence-corrected chi connectivity index (χ0v) is 13.7. The Kier molecular flexibility index (Phi) is 4.65. The number of rotatable bonds is 4. The summed E-state index contributed by atoms with van der Waals surface area (Å²) in [4.78, 5) is 18.4. The third-order valence-corrected chi connectivity index (χ3v) is 3.80. The molecule has 2 heterocycles. The number of nitrogens with zero attached hydrogens (tertiary/aromatic N) is 2. The van der Waals surface area contributed by atoms with Gasteiger partial charge in [0.25, 0.3) is 5.91 Å². The van der Waals surface area contributed by atoms with Crippen LogP contribution in [0.3, 0.4) is 0 Å². The molecule has 0 radical (unpaired) electrons. The Labute approximate surface area is 140 Å². The van der Waals surface area contributed by atoms with E-state index in [1.165, 1.54) is 0 Å². The molecule has 0 spiro atoms. The number of aromatic nitrogens is 1. The molecule has 2 aromatic rings. The van der Waals surface area contributed by atoms with E-state index in [2.05, 4.69) is 10.3 Å². The molecule has 1 aliphatic heterocycles. The predicted molar refractivity (Wildman–Crippen MR) is 93.7 cm³/mol. The second-order valence-corrected chi connectivity index (χ2v) is 5.27. The van der Waals surface area contributed by atoms with Crippen LogP contribution in [-0.2, 0) is 4.79 Å². The van der Waals surface area contributed by atoms with Gasteiger partial charge in [-0.1, -0.05) is 0 Å². The minimum atomic E-state index is -0.0816. The predicted octanol–water partition coefficient (Wildman–Crippen LogP) is 2.57. The zero-order chi connectivity index (χ0) is 16.9. The van der Waals surface area contributed by atoms with Crippen molar-refractivity contribution in [3.8, 4) is 11.6 Å². The van der Waals surface area contributed by atoms with Gasteiger partial charge in [-0.15, -0.1) is 0 Å². The van der Waals surface area contributed by atoms with Gasteiger partial charge in [-0.25, -0.2) is 4.98 Å². The molecular formula is C18H19N3O3. The van der Waals surface area contributed by atoms with E-state index in [1.54, 1.807) is 43.5 Å². The molecule has 0 atom stereocenters. The number of methoxy groups -OCH3 is 2. The highest BCUT2D eigenvalue weighted by atomic mass is 16.5. The van der Waals surface area contributed by atoms with Gasteiger partial charge < -0.3 is 19.7 Å². The van der Waals surface area contributed by atoms with Crippen molar-refractivity contribution in [2.24, 2.45) is 0 Å². The first-order valence-corrected chi connectivity index (χ1v) is 7.63. The maximum atomic E-state index is 12.6. The number of fused-ring (bicyclic) bond motifs is 1. The van der Waals surface area contributed by atoms with Crippen molar-refractivity contribution in [3.05, 3.63) is 48.2 Å². The van der Waals surface area contributed by atoms with E-state index in [1.807, 2.05) is 24.3 Å². The molecule has 24 heavy (non-hydrogen) atoms. The number of hydrogen-bond acceptors (Lipinski definition) is 5. The fourth-order valence-corrected chi connectivity index (χ4v) is 2.53. The third kappa shape index (κ3) is 3.32. The number of benzene rings is 1. The number of ether oxygens (including phenoxy) is 2. The lowest BCUT2D eigenvalue weighted by Gasteiger charge is -2.29. The van der Waals surface area contributed by atoms with Crippen molar-refractivity contribution in [2.45, 2.75) is 0 Å². The van der Waals surface area contributed by atoms with Crippen molar-refractivity contribution >= 4 is 23.4 Å². The van der Waals surface area contributed by atoms with Gasteiger partial charge in [0.2, 0.25) is 5.88 Å². The Hall–Kier alpha value is -3.02. The smallest absolute Gasteiger partial charge is 0.251 e. The molecule has 0 unspecified atom stereocenters. The lowest BCUT2D eigenvalue weighted by atomic mass is 10.1. The SMILES string of the molecule is COc1ccc2c(c1)N(C(=O)C=Cc1ccc(OC)nc1)CCN2. The highest BCUT2D eigenvalue weighted by Crippen LogP contribution is 2.32. The molecule has 1 N–H and O–H groups in total. The minimum absolute atomic E-state index is 0.0816. The van der Waals surface area contributed by atoms with Crippen molar-refractivity contribution in [1.82, 2.24) is 4.98 Å². The summed E-state index contributed by atoms with van der Waals surface area (Å²) < 4.78 is 10.3. The first kappa shape index (κ1) is 15.9. The van der Waals surface area contributed by atoms with Crippen molar-refractivity contribution in [1.29, 1.82) is 0 Å². The van der Waals surface area contributed by atoms with Gasteiger partial charge in [0.1, 0.15) is 5.75 Å². The highest BCUT2D eigenvalue weighted by molar-refractivity contribution is 6.06. The molecule has 1 amide bonds. The summed E-state index contributed by atoms with van der Waals surface area (Å²) in [6.07, 6.45) is 4.96. The summed E-state index contributed by atoms with van der Waals surface area (Å²) in [6.45, 7) is 1.31. The number of amides is 1. The van der Waals surface area contributed by atoms with E-state index in [9.17, 15) is 4.79 Å². The monoisotopic (exact) mass is 325 g/mol. The molecule has 0 fully saturated rings. The topological polar surface area (TPSA) is 63.7 Å². The normalized spacial score (nSPS) is 13.3. The third-order valence-electron chi connectivity index (χ3n) is 3.80. The number of pyridine rings is 1. The van der Waals surface area contributed by atoms with Gasteiger partial charge in [0.15, 0.2) is 0 Å². The fourth-order valence-electron chi connectivity index (χ4n) is 2.53. The van der Waals surface area contributed by atoms with Crippen LogP contribution in [0.2, 0.25) is 0 Å². The second kappa shape index (κ2) is 7.04. The first-order valence-electron chi connectivity index (χ1n) is 7.63. The van der Waals surface area contributed by atoms with Gasteiger partial charge in [0.05, 0.1) is 25.6 Å². The molecule has 1 aromatic carbocycles. The largest absolute Gasteiger partial charge is 0.497 e. The number of carbonyl (C=O) groups is 1. The number of hydrogen-bond donors (Lipinski definition) is 1. The standard InChI is InChI=1S/C18H19N3O3/c1-23-14-5-6-15-16(11-14)21(10-9-19-15)18(22)8-4-13-3-7-17(24-2)20-12-13/h3-8,11-12,19H,9-10H2,1-2H3. The van der Waals surface area contributed by atoms with Crippen molar-refractivity contribution in [2.75, 3.05) is 37.5 Å². The van der Waals surface area contributed by atoms with E-state index in [0.717, 1.165) is 22.7 Å². The van der Waals surface area contributed by atoms with E-state index in [0.29, 0.717) is 19.0 Å². The van der Waals surface area contributed by atoms with Crippen LogP contribution in [0.4, 0.5) is 11.4 Å². The number of carbonyl (C=O) groups excluding carboxylic acids is 1. The second-order valence-electron chi connectivity index (χ2n) is 5.27. The van der Waals surface area contributed by atoms with Crippen molar-refractivity contribution in [3.63, 3.8) is 0 Å². The van der Waals surface area contributed by atoms with E-state index < -0.39 is 0 Å². The Balaban J connectivity index is 1.79. The molecule has 0 saturated carbocycles. The molecule has 124 valence electrons. The van der Waals surface area contributed by atoms with Crippen LogP contribution >= 0.6 is 0 Å². The van der Waals surface area contributed by atoms with Gasteiger partial charge in [-0.3, -0.25) is 4.79 Å². The van der Waals surface area contributed by atoms with Gasteiger partial charge in [-0.05, 0) is 29.8 Å². The van der Waals surface area contributed by atoms with Crippen LogP contribution < -0.4 is 19.7 Å². The maximum Gasteiger partial charge on any atom is 0.251 e. The average molecular weight is 325 g/mol. The molecule has 6 nitrogen and oxygen atoms in total. The van der Waals surface area contributed by atoms with Crippen LogP contribution in [0.25, 0.3) is 6.08 Å². The van der Waals surface area contributed by atoms with Crippen LogP contribution in [0.1, 0.15) is 5.56 Å². The maximum absolute atomic E-state index is 12.6. The Morgan fingerprint density at radius 3 is 2.83 bits per heavy atom. The Bertz CT molecular complexity index is 757. The molecule has 6 heteroatoms. The van der Waals surface area contributed by atoms with E-state index in [4.69, 9.17) is 9.47 Å². The summed E-state index contributed by atoms with van der Waals surface area (Å²) in [7, 11) is 3.18. The van der Waals surface area contributed by atoms with E-state index >= 15 is 0 Å². The number of anilines is 2. The first-order chi connectivity index (χ1) is 11.7. The van der Waals surface area contributed by atoms with E-state index in [-0.39, 0.29) is 5.91 Å². The summed E-state index contributed by atoms with van der Waals surface area (Å²) >= 11 is 0. The Morgan fingerprint density at radius 2 is 2.12 bits per heavy atom. The Morgan fingerprint density at radius 1 is 1.25 bits per heavy atom. The zero-order valence-electron chi connectivity index (χ0n) is 13.7. The summed E-state index contributed by atoms with van der Waals surface area (Å²) in [5.41, 5.74) is 2.59. The van der Waals surface area contributed by atoms with Gasteiger partial charge in [-0.2, -0.15) is 0 Å². The molecule has 1 aromatic heterocycles. The number of nitrogens with one attached hydrogen (secondary N) is 1. The van der Waals surface area contributed by atoms with Crippen LogP contribution in [0.15, 0.2) is 42.6 Å². The lowest BCUT2D eigenvalue weighted by molar-refractivity contribution is -0.114. The van der Waals surface area contributed by atoms with Crippen molar-refractivity contribution < 1.29 is 14.3 Å². The average Bonchev–Trinajstić information content (AvgIpc) is 2.65. The molecule has 0 bridgehead atoms. The van der Waals surface area contributed by atoms with Crippen LogP contribution in [0.5, 0.6) is 11.6 Å². The lowest BCUT2D eigenvalue weighted by Crippen LogP contribution is -2.37. The van der Waals surface area contributed by atoms with Gasteiger partial charge in [0, 0.05) is 37.5 Å².